The fourth-order valence-corrected chi connectivity index (χ4v) is 2.23. The van der Waals surface area contributed by atoms with E-state index in [4.69, 9.17) is 0 Å². The fraction of sp³-hybridized carbons (Fsp3) is 0.294. The predicted molar refractivity (Wildman–Crippen MR) is 78.9 cm³/mol. The molecule has 112 valence electrons. The highest BCUT2D eigenvalue weighted by atomic mass is 19.1. The maximum Gasteiger partial charge on any atom is 0.131 e. The molecule has 0 saturated carbocycles. The zero-order valence-corrected chi connectivity index (χ0v) is 12.1. The minimum atomic E-state index is -1.02. The molecule has 0 aliphatic rings. The van der Waals surface area contributed by atoms with Crippen molar-refractivity contribution >= 4 is 0 Å². The predicted octanol–water partition coefficient (Wildman–Crippen LogP) is 3.66. The van der Waals surface area contributed by atoms with Gasteiger partial charge in [0, 0.05) is 24.2 Å². The van der Waals surface area contributed by atoms with Gasteiger partial charge >= 0.3 is 0 Å². The Balaban J connectivity index is 1.99. The second kappa shape index (κ2) is 6.78. The van der Waals surface area contributed by atoms with E-state index in [-0.39, 0.29) is 18.2 Å². The third-order valence-corrected chi connectivity index (χ3v) is 3.48. The Bertz CT molecular complexity index is 615. The highest BCUT2D eigenvalue weighted by Gasteiger charge is 2.15. The van der Waals surface area contributed by atoms with E-state index in [2.05, 4.69) is 11.4 Å². The molecule has 21 heavy (non-hydrogen) atoms. The van der Waals surface area contributed by atoms with Crippen LogP contribution in [0.1, 0.15) is 35.8 Å². The van der Waals surface area contributed by atoms with Crippen molar-refractivity contribution in [1.82, 2.24) is 5.32 Å². The standard InChI is InChI=1S/C17H19F2NO/c1-11-4-3-5-13(8-11)12(2)20-10-17(21)15-7-6-14(18)9-16(15)19/h3-9,12,17,20-21H,10H2,1-2H3/t12-,17?/m0/s1. The first-order chi connectivity index (χ1) is 9.97. The van der Waals surface area contributed by atoms with E-state index in [0.29, 0.717) is 0 Å². The van der Waals surface area contributed by atoms with Crippen LogP contribution in [-0.2, 0) is 0 Å². The Labute approximate surface area is 123 Å². The molecule has 0 aromatic heterocycles. The number of nitrogens with one attached hydrogen (secondary N) is 1. The Hall–Kier alpha value is -1.78. The largest absolute Gasteiger partial charge is 0.387 e. The van der Waals surface area contributed by atoms with Crippen molar-refractivity contribution in [3.05, 3.63) is 70.8 Å². The van der Waals surface area contributed by atoms with Crippen LogP contribution in [0.25, 0.3) is 0 Å². The smallest absolute Gasteiger partial charge is 0.131 e. The average molecular weight is 291 g/mol. The van der Waals surface area contributed by atoms with Crippen molar-refractivity contribution < 1.29 is 13.9 Å². The minimum absolute atomic E-state index is 0.0306. The number of aryl methyl sites for hydroxylation is 1. The zero-order valence-electron chi connectivity index (χ0n) is 12.1. The average Bonchev–Trinajstić information content (AvgIpc) is 2.44. The molecule has 2 aromatic rings. The van der Waals surface area contributed by atoms with Gasteiger partial charge in [-0.2, -0.15) is 0 Å². The highest BCUT2D eigenvalue weighted by Crippen LogP contribution is 2.19. The monoisotopic (exact) mass is 291 g/mol. The van der Waals surface area contributed by atoms with Crippen LogP contribution >= 0.6 is 0 Å². The fourth-order valence-electron chi connectivity index (χ4n) is 2.23. The summed E-state index contributed by atoms with van der Waals surface area (Å²) in [5, 5.41) is 13.2. The quantitative estimate of drug-likeness (QED) is 0.881. The Morgan fingerprint density at radius 2 is 1.90 bits per heavy atom. The Morgan fingerprint density at radius 1 is 1.14 bits per heavy atom. The summed E-state index contributed by atoms with van der Waals surface area (Å²) in [5.41, 5.74) is 2.35. The number of rotatable bonds is 5. The molecule has 0 aliphatic heterocycles. The van der Waals surface area contributed by atoms with Crippen LogP contribution in [-0.4, -0.2) is 11.7 Å². The van der Waals surface area contributed by atoms with E-state index < -0.39 is 17.7 Å². The molecular weight excluding hydrogens is 272 g/mol. The van der Waals surface area contributed by atoms with Gasteiger partial charge in [0.1, 0.15) is 11.6 Å². The van der Waals surface area contributed by atoms with Gasteiger partial charge in [0.25, 0.3) is 0 Å². The van der Waals surface area contributed by atoms with Crippen molar-refractivity contribution in [2.24, 2.45) is 0 Å². The van der Waals surface area contributed by atoms with E-state index in [1.807, 2.05) is 32.0 Å². The van der Waals surface area contributed by atoms with Gasteiger partial charge in [-0.3, -0.25) is 0 Å². The normalized spacial score (nSPS) is 14.0. The molecule has 0 radical (unpaired) electrons. The molecule has 2 atom stereocenters. The Kier molecular flexibility index (Phi) is 5.04. The van der Waals surface area contributed by atoms with Crippen LogP contribution in [0.5, 0.6) is 0 Å². The topological polar surface area (TPSA) is 32.3 Å². The van der Waals surface area contributed by atoms with Crippen LogP contribution < -0.4 is 5.32 Å². The summed E-state index contributed by atoms with van der Waals surface area (Å²) < 4.78 is 26.4. The molecule has 1 unspecified atom stereocenters. The van der Waals surface area contributed by atoms with Crippen molar-refractivity contribution in [2.75, 3.05) is 6.54 Å². The van der Waals surface area contributed by atoms with Crippen molar-refractivity contribution in [3.8, 4) is 0 Å². The van der Waals surface area contributed by atoms with Crippen molar-refractivity contribution in [1.29, 1.82) is 0 Å². The molecule has 2 aromatic carbocycles. The van der Waals surface area contributed by atoms with Crippen LogP contribution in [0, 0.1) is 18.6 Å². The number of hydrogen-bond donors (Lipinski definition) is 2. The number of halogens is 2. The second-order valence-corrected chi connectivity index (χ2v) is 5.23. The molecule has 0 fully saturated rings. The molecule has 0 amide bonds. The molecule has 0 bridgehead atoms. The number of benzene rings is 2. The molecule has 2 rings (SSSR count). The summed E-state index contributed by atoms with van der Waals surface area (Å²) >= 11 is 0. The van der Waals surface area contributed by atoms with Gasteiger partial charge in [-0.15, -0.1) is 0 Å². The molecule has 2 N–H and O–H groups in total. The Morgan fingerprint density at radius 3 is 2.57 bits per heavy atom. The van der Waals surface area contributed by atoms with E-state index >= 15 is 0 Å². The minimum Gasteiger partial charge on any atom is -0.387 e. The molecule has 4 heteroatoms. The van der Waals surface area contributed by atoms with Gasteiger partial charge in [-0.1, -0.05) is 35.9 Å². The van der Waals surface area contributed by atoms with Crippen LogP contribution in [0.4, 0.5) is 8.78 Å². The maximum absolute atomic E-state index is 13.6. The van der Waals surface area contributed by atoms with Gasteiger partial charge in [0.15, 0.2) is 0 Å². The summed E-state index contributed by atoms with van der Waals surface area (Å²) in [6.45, 7) is 4.18. The lowest BCUT2D eigenvalue weighted by Crippen LogP contribution is -2.25. The molecular formula is C17H19F2NO. The SMILES string of the molecule is Cc1cccc([C@H](C)NCC(O)c2ccc(F)cc2F)c1. The summed E-state index contributed by atoms with van der Waals surface area (Å²) in [5.74, 6) is -1.38. The van der Waals surface area contributed by atoms with Crippen LogP contribution in [0.15, 0.2) is 42.5 Å². The van der Waals surface area contributed by atoms with E-state index in [1.165, 1.54) is 6.07 Å². The first kappa shape index (κ1) is 15.6. The summed E-state index contributed by atoms with van der Waals surface area (Å²) in [6, 6.07) is 11.3. The zero-order chi connectivity index (χ0) is 15.4. The second-order valence-electron chi connectivity index (χ2n) is 5.23. The summed E-state index contributed by atoms with van der Waals surface area (Å²) in [4.78, 5) is 0. The summed E-state index contributed by atoms with van der Waals surface area (Å²) in [6.07, 6.45) is -1.02. The van der Waals surface area contributed by atoms with E-state index in [9.17, 15) is 13.9 Å². The third kappa shape index (κ3) is 4.09. The first-order valence-electron chi connectivity index (χ1n) is 6.90. The third-order valence-electron chi connectivity index (χ3n) is 3.48. The lowest BCUT2D eigenvalue weighted by atomic mass is 10.0. The van der Waals surface area contributed by atoms with E-state index in [1.54, 1.807) is 0 Å². The van der Waals surface area contributed by atoms with Gasteiger partial charge in [0.2, 0.25) is 0 Å². The van der Waals surface area contributed by atoms with E-state index in [0.717, 1.165) is 23.3 Å². The van der Waals surface area contributed by atoms with Gasteiger partial charge in [-0.25, -0.2) is 8.78 Å². The number of aliphatic hydroxyl groups is 1. The van der Waals surface area contributed by atoms with Crippen molar-refractivity contribution in [2.45, 2.75) is 26.0 Å². The lowest BCUT2D eigenvalue weighted by molar-refractivity contribution is 0.166. The maximum atomic E-state index is 13.6. The molecule has 0 saturated heterocycles. The number of hydrogen-bond acceptors (Lipinski definition) is 2. The first-order valence-corrected chi connectivity index (χ1v) is 6.90. The van der Waals surface area contributed by atoms with Gasteiger partial charge in [-0.05, 0) is 25.5 Å². The molecule has 0 aliphatic carbocycles. The van der Waals surface area contributed by atoms with Gasteiger partial charge in [0.05, 0.1) is 6.10 Å². The van der Waals surface area contributed by atoms with Crippen LogP contribution in [0.3, 0.4) is 0 Å². The summed E-state index contributed by atoms with van der Waals surface area (Å²) in [7, 11) is 0. The molecule has 2 nitrogen and oxygen atoms in total. The lowest BCUT2D eigenvalue weighted by Gasteiger charge is -2.18. The highest BCUT2D eigenvalue weighted by molar-refractivity contribution is 5.25. The van der Waals surface area contributed by atoms with Crippen LogP contribution in [0.2, 0.25) is 0 Å². The molecule has 0 heterocycles. The van der Waals surface area contributed by atoms with Crippen molar-refractivity contribution in [3.63, 3.8) is 0 Å². The number of aliphatic hydroxyl groups excluding tert-OH is 1. The van der Waals surface area contributed by atoms with Gasteiger partial charge < -0.3 is 10.4 Å². The molecule has 0 spiro atoms.